The minimum atomic E-state index is -0.747. The predicted molar refractivity (Wildman–Crippen MR) is 121 cm³/mol. The van der Waals surface area contributed by atoms with Gasteiger partial charge < -0.3 is 14.7 Å². The minimum absolute atomic E-state index is 0.0739. The van der Waals surface area contributed by atoms with Gasteiger partial charge in [-0.25, -0.2) is 0 Å². The van der Waals surface area contributed by atoms with Crippen LogP contribution in [-0.2, 0) is 16.1 Å². The highest BCUT2D eigenvalue weighted by atomic mass is 16.5. The Kier molecular flexibility index (Phi) is 5.77. The molecular weight excluding hydrogens is 404 g/mol. The van der Waals surface area contributed by atoms with E-state index in [9.17, 15) is 14.7 Å². The summed E-state index contributed by atoms with van der Waals surface area (Å²) in [6.07, 6.45) is 3.22. The van der Waals surface area contributed by atoms with Crippen LogP contribution in [-0.4, -0.2) is 33.8 Å². The lowest BCUT2D eigenvalue weighted by molar-refractivity contribution is -0.140. The lowest BCUT2D eigenvalue weighted by Crippen LogP contribution is -2.29. The summed E-state index contributed by atoms with van der Waals surface area (Å²) in [4.78, 5) is 31.9. The second-order valence-corrected chi connectivity index (χ2v) is 7.84. The van der Waals surface area contributed by atoms with Crippen LogP contribution >= 0.6 is 0 Å². The van der Waals surface area contributed by atoms with Gasteiger partial charge in [0.1, 0.15) is 11.5 Å². The van der Waals surface area contributed by atoms with Gasteiger partial charge in [0.05, 0.1) is 25.3 Å². The number of hydrogen-bond acceptors (Lipinski definition) is 5. The minimum Gasteiger partial charge on any atom is -0.507 e. The van der Waals surface area contributed by atoms with Crippen molar-refractivity contribution in [1.29, 1.82) is 0 Å². The van der Waals surface area contributed by atoms with E-state index >= 15 is 0 Å². The maximum atomic E-state index is 13.2. The number of aryl methyl sites for hydroxylation is 2. The van der Waals surface area contributed by atoms with Crippen LogP contribution in [0.15, 0.2) is 72.6 Å². The molecule has 6 heteroatoms. The van der Waals surface area contributed by atoms with Gasteiger partial charge in [-0.1, -0.05) is 35.9 Å². The summed E-state index contributed by atoms with van der Waals surface area (Å²) in [5.74, 6) is -0.920. The summed E-state index contributed by atoms with van der Waals surface area (Å²) in [5, 5.41) is 11.3. The Morgan fingerprint density at radius 1 is 1.06 bits per heavy atom. The molecule has 162 valence electrons. The van der Waals surface area contributed by atoms with Crippen LogP contribution < -0.4 is 4.74 Å². The molecule has 1 atom stereocenters. The Morgan fingerprint density at radius 3 is 2.50 bits per heavy atom. The molecule has 1 unspecified atom stereocenters. The lowest BCUT2D eigenvalue weighted by atomic mass is 9.93. The number of carbonyl (C=O) groups excluding carboxylic acids is 2. The number of aromatic nitrogens is 1. The largest absolute Gasteiger partial charge is 0.507 e. The van der Waals surface area contributed by atoms with Gasteiger partial charge in [0.2, 0.25) is 0 Å². The normalized spacial score (nSPS) is 17.6. The molecule has 0 aliphatic carbocycles. The first kappa shape index (κ1) is 21.3. The molecule has 0 saturated carbocycles. The summed E-state index contributed by atoms with van der Waals surface area (Å²) >= 11 is 0. The molecule has 1 aromatic heterocycles. The van der Waals surface area contributed by atoms with Crippen molar-refractivity contribution in [3.05, 3.63) is 100 Å². The predicted octanol–water partition coefficient (Wildman–Crippen LogP) is 4.33. The molecule has 1 fully saturated rings. The molecule has 0 spiro atoms. The Morgan fingerprint density at radius 2 is 1.78 bits per heavy atom. The van der Waals surface area contributed by atoms with Crippen molar-refractivity contribution < 1.29 is 19.4 Å². The van der Waals surface area contributed by atoms with Crippen LogP contribution in [0, 0.1) is 13.8 Å². The van der Waals surface area contributed by atoms with Crippen LogP contribution in [0.3, 0.4) is 0 Å². The van der Waals surface area contributed by atoms with Crippen LogP contribution in [0.4, 0.5) is 0 Å². The second-order valence-electron chi connectivity index (χ2n) is 7.84. The summed E-state index contributed by atoms with van der Waals surface area (Å²) in [6.45, 7) is 3.93. The number of ketones is 1. The molecule has 32 heavy (non-hydrogen) atoms. The van der Waals surface area contributed by atoms with Crippen molar-refractivity contribution >= 4 is 17.4 Å². The number of ether oxygens (including phenoxy) is 1. The van der Waals surface area contributed by atoms with Crippen molar-refractivity contribution in [2.45, 2.75) is 26.4 Å². The van der Waals surface area contributed by atoms with Gasteiger partial charge in [-0.05, 0) is 49.2 Å². The van der Waals surface area contributed by atoms with Gasteiger partial charge in [0.15, 0.2) is 0 Å². The quantitative estimate of drug-likeness (QED) is 0.372. The molecule has 6 nitrogen and oxygen atoms in total. The molecule has 1 amide bonds. The lowest BCUT2D eigenvalue weighted by Gasteiger charge is -2.26. The van der Waals surface area contributed by atoms with E-state index in [0.29, 0.717) is 16.9 Å². The van der Waals surface area contributed by atoms with Crippen molar-refractivity contribution in [3.8, 4) is 5.75 Å². The van der Waals surface area contributed by atoms with E-state index in [0.717, 1.165) is 16.7 Å². The number of pyridine rings is 1. The topological polar surface area (TPSA) is 79.7 Å². The molecule has 2 heterocycles. The van der Waals surface area contributed by atoms with E-state index in [2.05, 4.69) is 4.98 Å². The van der Waals surface area contributed by atoms with E-state index in [-0.39, 0.29) is 17.9 Å². The first-order chi connectivity index (χ1) is 15.4. The van der Waals surface area contributed by atoms with Crippen LogP contribution in [0.2, 0.25) is 0 Å². The molecular formula is C26H24N2O4. The Labute approximate surface area is 186 Å². The molecule has 0 bridgehead atoms. The highest BCUT2D eigenvalue weighted by Crippen LogP contribution is 2.41. The number of methoxy groups -OCH3 is 1. The zero-order chi connectivity index (χ0) is 22.8. The van der Waals surface area contributed by atoms with E-state index in [1.165, 1.54) is 4.90 Å². The third-order valence-corrected chi connectivity index (χ3v) is 5.74. The fourth-order valence-corrected chi connectivity index (χ4v) is 4.09. The monoisotopic (exact) mass is 428 g/mol. The third-order valence-electron chi connectivity index (χ3n) is 5.74. The van der Waals surface area contributed by atoms with E-state index in [4.69, 9.17) is 4.74 Å². The van der Waals surface area contributed by atoms with E-state index in [1.807, 2.05) is 56.3 Å². The summed E-state index contributed by atoms with van der Waals surface area (Å²) in [5.41, 5.74) is 3.84. The standard InChI is InChI=1S/C26H24N2O4/c1-16-8-9-17(2)20(14-16)24(29)22-23(18-10-12-27-13-11-18)28(26(31)25(22)30)15-19-6-4-5-7-21(19)32-3/h4-14,23,29H,15H2,1-3H3/b24-22+. The van der Waals surface area contributed by atoms with Gasteiger partial charge in [-0.3, -0.25) is 14.6 Å². The molecule has 4 rings (SSSR count). The average Bonchev–Trinajstić information content (AvgIpc) is 3.06. The van der Waals surface area contributed by atoms with Gasteiger partial charge in [0.25, 0.3) is 11.7 Å². The number of Topliss-reactive ketones (excluding diaryl/α,β-unsaturated/α-hetero) is 1. The first-order valence-corrected chi connectivity index (χ1v) is 10.3. The molecule has 1 aliphatic rings. The Hall–Kier alpha value is -3.93. The molecule has 2 aromatic carbocycles. The zero-order valence-corrected chi connectivity index (χ0v) is 18.2. The van der Waals surface area contributed by atoms with E-state index in [1.54, 1.807) is 31.6 Å². The van der Waals surface area contributed by atoms with Crippen LogP contribution in [0.5, 0.6) is 5.75 Å². The number of benzene rings is 2. The molecule has 0 radical (unpaired) electrons. The molecule has 1 saturated heterocycles. The van der Waals surface area contributed by atoms with Gasteiger partial charge in [-0.2, -0.15) is 0 Å². The first-order valence-electron chi connectivity index (χ1n) is 10.3. The SMILES string of the molecule is COc1ccccc1CN1C(=O)C(=O)/C(=C(/O)c2cc(C)ccc2C)C1c1ccncc1. The molecule has 3 aromatic rings. The van der Waals surface area contributed by atoms with Crippen LogP contribution in [0.25, 0.3) is 5.76 Å². The highest BCUT2D eigenvalue weighted by Gasteiger charge is 2.46. The van der Waals surface area contributed by atoms with Crippen molar-refractivity contribution in [2.24, 2.45) is 0 Å². The van der Waals surface area contributed by atoms with Gasteiger partial charge >= 0.3 is 0 Å². The smallest absolute Gasteiger partial charge is 0.295 e. The number of rotatable bonds is 5. The van der Waals surface area contributed by atoms with Crippen molar-refractivity contribution in [1.82, 2.24) is 9.88 Å². The second kappa shape index (κ2) is 8.67. The maximum Gasteiger partial charge on any atom is 0.295 e. The number of amides is 1. The maximum absolute atomic E-state index is 13.2. The van der Waals surface area contributed by atoms with Crippen molar-refractivity contribution in [2.75, 3.05) is 7.11 Å². The third kappa shape index (κ3) is 3.75. The number of nitrogens with zero attached hydrogens (tertiary/aromatic N) is 2. The number of carbonyl (C=O) groups is 2. The summed E-state index contributed by atoms with van der Waals surface area (Å²) in [7, 11) is 1.56. The average molecular weight is 428 g/mol. The number of likely N-dealkylation sites (tertiary alicyclic amines) is 1. The Balaban J connectivity index is 1.89. The number of aliphatic hydroxyl groups excluding tert-OH is 1. The van der Waals surface area contributed by atoms with E-state index < -0.39 is 17.7 Å². The molecule has 1 N–H and O–H groups in total. The highest BCUT2D eigenvalue weighted by molar-refractivity contribution is 6.46. The number of para-hydroxylation sites is 1. The zero-order valence-electron chi connectivity index (χ0n) is 18.2. The number of aliphatic hydroxyl groups is 1. The Bertz CT molecular complexity index is 1220. The number of hydrogen-bond donors (Lipinski definition) is 1. The van der Waals surface area contributed by atoms with Crippen molar-refractivity contribution in [3.63, 3.8) is 0 Å². The fourth-order valence-electron chi connectivity index (χ4n) is 4.09. The van der Waals surface area contributed by atoms with Crippen LogP contribution in [0.1, 0.15) is 33.9 Å². The fraction of sp³-hybridized carbons (Fsp3) is 0.192. The molecule has 1 aliphatic heterocycles. The summed E-state index contributed by atoms with van der Waals surface area (Å²) < 4.78 is 5.44. The van der Waals surface area contributed by atoms with Gasteiger partial charge in [0, 0.05) is 23.5 Å². The summed E-state index contributed by atoms with van der Waals surface area (Å²) in [6, 6.07) is 15.8. The van der Waals surface area contributed by atoms with Gasteiger partial charge in [-0.15, -0.1) is 0 Å².